The van der Waals surface area contributed by atoms with Crippen molar-refractivity contribution >= 4 is 28.6 Å². The predicted octanol–water partition coefficient (Wildman–Crippen LogP) is 1.55. The highest BCUT2D eigenvalue weighted by atomic mass is 32.2. The fourth-order valence-electron chi connectivity index (χ4n) is 1.75. The third-order valence-corrected chi connectivity index (χ3v) is 3.69. The Bertz CT molecular complexity index is 789. The molecule has 0 saturated carbocycles. The second kappa shape index (κ2) is 5.88. The molecule has 0 fully saturated rings. The van der Waals surface area contributed by atoms with Gasteiger partial charge in [-0.1, -0.05) is 24.3 Å². The van der Waals surface area contributed by atoms with Crippen LogP contribution in [-0.4, -0.2) is 38.3 Å². The topological polar surface area (TPSA) is 82.8 Å². The van der Waals surface area contributed by atoms with E-state index in [0.717, 1.165) is 15.9 Å². The SMILES string of the molecule is COC(=O)Cn1nnnc1Sc1ccc2ccccc2n1. The van der Waals surface area contributed by atoms with Crippen LogP contribution in [0.15, 0.2) is 46.6 Å². The minimum Gasteiger partial charge on any atom is -0.468 e. The van der Waals surface area contributed by atoms with Gasteiger partial charge in [-0.2, -0.15) is 0 Å². The first kappa shape index (κ1) is 13.5. The van der Waals surface area contributed by atoms with Gasteiger partial charge in [-0.25, -0.2) is 9.67 Å². The maximum absolute atomic E-state index is 11.3. The second-order valence-electron chi connectivity index (χ2n) is 4.14. The van der Waals surface area contributed by atoms with E-state index >= 15 is 0 Å². The Balaban J connectivity index is 1.85. The first-order valence-corrected chi connectivity index (χ1v) is 6.94. The molecular formula is C13H11N5O2S. The van der Waals surface area contributed by atoms with E-state index in [0.29, 0.717) is 5.16 Å². The summed E-state index contributed by atoms with van der Waals surface area (Å²) in [5.74, 6) is -0.407. The van der Waals surface area contributed by atoms with Gasteiger partial charge in [0, 0.05) is 5.39 Å². The number of benzene rings is 1. The highest BCUT2D eigenvalue weighted by Gasteiger charge is 2.12. The van der Waals surface area contributed by atoms with Gasteiger partial charge in [-0.15, -0.1) is 5.10 Å². The summed E-state index contributed by atoms with van der Waals surface area (Å²) in [7, 11) is 1.32. The molecule has 0 aliphatic heterocycles. The van der Waals surface area contributed by atoms with Crippen molar-refractivity contribution in [3.63, 3.8) is 0 Å². The van der Waals surface area contributed by atoms with Crippen LogP contribution in [0.4, 0.5) is 0 Å². The third-order valence-electron chi connectivity index (χ3n) is 2.77. The molecule has 0 bridgehead atoms. The van der Waals surface area contributed by atoms with Crippen molar-refractivity contribution in [3.8, 4) is 0 Å². The Morgan fingerprint density at radius 3 is 3.00 bits per heavy atom. The van der Waals surface area contributed by atoms with Crippen LogP contribution in [0.5, 0.6) is 0 Å². The maximum Gasteiger partial charge on any atom is 0.327 e. The maximum atomic E-state index is 11.3. The number of pyridine rings is 1. The first-order valence-electron chi connectivity index (χ1n) is 6.13. The van der Waals surface area contributed by atoms with Gasteiger partial charge >= 0.3 is 5.97 Å². The van der Waals surface area contributed by atoms with Gasteiger partial charge in [0.25, 0.3) is 0 Å². The zero-order valence-electron chi connectivity index (χ0n) is 11.1. The van der Waals surface area contributed by atoms with Crippen molar-refractivity contribution in [2.24, 2.45) is 0 Å². The number of ether oxygens (including phenoxy) is 1. The third kappa shape index (κ3) is 3.00. The fraction of sp³-hybridized carbons (Fsp3) is 0.154. The molecule has 0 atom stereocenters. The summed E-state index contributed by atoms with van der Waals surface area (Å²) < 4.78 is 5.99. The van der Waals surface area contributed by atoms with Crippen LogP contribution in [-0.2, 0) is 16.1 Å². The Morgan fingerprint density at radius 2 is 2.14 bits per heavy atom. The smallest absolute Gasteiger partial charge is 0.327 e. The number of hydrogen-bond acceptors (Lipinski definition) is 7. The number of nitrogens with zero attached hydrogens (tertiary/aromatic N) is 5. The minimum absolute atomic E-state index is 0.0284. The number of hydrogen-bond donors (Lipinski definition) is 0. The average molecular weight is 301 g/mol. The zero-order valence-corrected chi connectivity index (χ0v) is 11.9. The second-order valence-corrected chi connectivity index (χ2v) is 5.13. The van der Waals surface area contributed by atoms with Crippen molar-refractivity contribution in [1.82, 2.24) is 25.2 Å². The van der Waals surface area contributed by atoms with E-state index in [1.54, 1.807) is 0 Å². The van der Waals surface area contributed by atoms with Crippen molar-refractivity contribution in [1.29, 1.82) is 0 Å². The summed E-state index contributed by atoms with van der Waals surface area (Å²) in [6.07, 6.45) is 0. The monoisotopic (exact) mass is 301 g/mol. The van der Waals surface area contributed by atoms with Crippen LogP contribution in [0, 0.1) is 0 Å². The molecule has 7 nitrogen and oxygen atoms in total. The number of methoxy groups -OCH3 is 1. The summed E-state index contributed by atoms with van der Waals surface area (Å²) in [6, 6.07) is 11.7. The summed E-state index contributed by atoms with van der Waals surface area (Å²) in [5, 5.41) is 13.6. The molecule has 3 rings (SSSR count). The molecule has 0 radical (unpaired) electrons. The van der Waals surface area contributed by atoms with Crippen LogP contribution >= 0.6 is 11.8 Å². The van der Waals surface area contributed by atoms with Crippen LogP contribution in [0.25, 0.3) is 10.9 Å². The number of fused-ring (bicyclic) bond motifs is 1. The molecule has 21 heavy (non-hydrogen) atoms. The Kier molecular flexibility index (Phi) is 3.78. The molecule has 0 saturated heterocycles. The summed E-state index contributed by atoms with van der Waals surface area (Å²) >= 11 is 1.30. The Hall–Kier alpha value is -2.48. The van der Waals surface area contributed by atoms with Crippen LogP contribution in [0.2, 0.25) is 0 Å². The quantitative estimate of drug-likeness (QED) is 0.676. The zero-order chi connectivity index (χ0) is 14.7. The molecule has 3 aromatic rings. The number of rotatable bonds is 4. The standard InChI is InChI=1S/C13H11N5O2S/c1-20-12(19)8-18-13(15-16-17-18)21-11-7-6-9-4-2-3-5-10(9)14-11/h2-7H,8H2,1H3. The van der Waals surface area contributed by atoms with E-state index in [1.165, 1.54) is 23.6 Å². The number of carbonyl (C=O) groups excluding carboxylic acids is 1. The lowest BCUT2D eigenvalue weighted by Crippen LogP contribution is -2.13. The molecule has 0 spiro atoms. The van der Waals surface area contributed by atoms with E-state index in [1.807, 2.05) is 36.4 Å². The van der Waals surface area contributed by atoms with Gasteiger partial charge in [-0.05, 0) is 34.3 Å². The first-order chi connectivity index (χ1) is 10.3. The number of esters is 1. The van der Waals surface area contributed by atoms with E-state index < -0.39 is 5.97 Å². The predicted molar refractivity (Wildman–Crippen MR) is 75.7 cm³/mol. The van der Waals surface area contributed by atoms with Gasteiger partial charge in [0.2, 0.25) is 5.16 Å². The highest BCUT2D eigenvalue weighted by molar-refractivity contribution is 7.99. The van der Waals surface area contributed by atoms with Crippen molar-refractivity contribution in [2.45, 2.75) is 16.7 Å². The van der Waals surface area contributed by atoms with Gasteiger partial charge in [-0.3, -0.25) is 4.79 Å². The molecule has 0 aliphatic rings. The molecule has 2 heterocycles. The van der Waals surface area contributed by atoms with Gasteiger partial charge in [0.05, 0.1) is 12.6 Å². The van der Waals surface area contributed by atoms with Gasteiger partial charge in [0.15, 0.2) is 0 Å². The van der Waals surface area contributed by atoms with E-state index in [-0.39, 0.29) is 6.54 Å². The normalized spacial score (nSPS) is 10.7. The molecule has 8 heteroatoms. The van der Waals surface area contributed by atoms with Crippen LogP contribution in [0.1, 0.15) is 0 Å². The van der Waals surface area contributed by atoms with Gasteiger partial charge < -0.3 is 4.74 Å². The van der Waals surface area contributed by atoms with Crippen LogP contribution < -0.4 is 0 Å². The summed E-state index contributed by atoms with van der Waals surface area (Å²) in [6.45, 7) is -0.0284. The lowest BCUT2D eigenvalue weighted by Gasteiger charge is -2.03. The van der Waals surface area contributed by atoms with Crippen molar-refractivity contribution in [2.75, 3.05) is 7.11 Å². The average Bonchev–Trinajstić information content (AvgIpc) is 2.94. The van der Waals surface area contributed by atoms with Crippen molar-refractivity contribution < 1.29 is 9.53 Å². The number of aromatic nitrogens is 5. The minimum atomic E-state index is -0.407. The van der Waals surface area contributed by atoms with E-state index in [2.05, 4.69) is 25.2 Å². The lowest BCUT2D eigenvalue weighted by molar-refractivity contribution is -0.141. The van der Waals surface area contributed by atoms with Gasteiger partial charge in [0.1, 0.15) is 11.6 Å². The molecule has 1 aromatic carbocycles. The van der Waals surface area contributed by atoms with E-state index in [9.17, 15) is 4.79 Å². The summed E-state index contributed by atoms with van der Waals surface area (Å²) in [5.41, 5.74) is 0.898. The molecule has 0 unspecified atom stereocenters. The largest absolute Gasteiger partial charge is 0.468 e. The Labute approximate surface area is 124 Å². The molecule has 0 N–H and O–H groups in total. The molecule has 2 aromatic heterocycles. The number of para-hydroxylation sites is 1. The highest BCUT2D eigenvalue weighted by Crippen LogP contribution is 2.25. The summed E-state index contributed by atoms with van der Waals surface area (Å²) in [4.78, 5) is 15.8. The Morgan fingerprint density at radius 1 is 1.29 bits per heavy atom. The van der Waals surface area contributed by atoms with Crippen LogP contribution in [0.3, 0.4) is 0 Å². The number of tetrazole rings is 1. The molecule has 106 valence electrons. The van der Waals surface area contributed by atoms with Crippen molar-refractivity contribution in [3.05, 3.63) is 36.4 Å². The van der Waals surface area contributed by atoms with E-state index in [4.69, 9.17) is 0 Å². The molecule has 0 aliphatic carbocycles. The number of carbonyl (C=O) groups is 1. The molecule has 0 amide bonds. The molecular weight excluding hydrogens is 290 g/mol. The lowest BCUT2D eigenvalue weighted by atomic mass is 10.2. The fourth-order valence-corrected chi connectivity index (χ4v) is 2.50.